The summed E-state index contributed by atoms with van der Waals surface area (Å²) in [6.07, 6.45) is 24.8. The second-order valence-electron chi connectivity index (χ2n) is 13.5. The zero-order valence-corrected chi connectivity index (χ0v) is 25.1. The van der Waals surface area contributed by atoms with Crippen LogP contribution in [0.1, 0.15) is 144 Å². The Kier molecular flexibility index (Phi) is 12.0. The van der Waals surface area contributed by atoms with Crippen LogP contribution in [-0.4, -0.2) is 12.1 Å². The fourth-order valence-corrected chi connectivity index (χ4v) is 7.86. The standard InChI is InChI=1S/C35H58O2/c1-7-8-9-10-11-17-34(36)37-31-21-18-27(4)30(25-31)20-19-29-16-13-24-35(6)32(22-23-33(29)35)28(5)15-12-14-26(2)3/h19-20,26,28,31-33H,4,7-18,21-25H2,1-3,5-6H3/t28-,31+,32-,33+,35-/m1/s1. The quantitative estimate of drug-likeness (QED) is 0.182. The molecule has 0 aliphatic heterocycles. The maximum atomic E-state index is 12.4. The van der Waals surface area contributed by atoms with Gasteiger partial charge in [0.1, 0.15) is 6.10 Å². The first-order chi connectivity index (χ1) is 17.7. The van der Waals surface area contributed by atoms with E-state index in [1.165, 1.54) is 81.8 Å². The molecule has 37 heavy (non-hydrogen) atoms. The summed E-state index contributed by atoms with van der Waals surface area (Å²) in [4.78, 5) is 12.4. The molecule has 2 heteroatoms. The Hall–Kier alpha value is -1.31. The van der Waals surface area contributed by atoms with Crippen molar-refractivity contribution >= 4 is 5.97 Å². The molecule has 0 heterocycles. The van der Waals surface area contributed by atoms with Gasteiger partial charge >= 0.3 is 5.97 Å². The van der Waals surface area contributed by atoms with Crippen LogP contribution in [-0.2, 0) is 9.53 Å². The van der Waals surface area contributed by atoms with Gasteiger partial charge in [-0.3, -0.25) is 4.79 Å². The first-order valence-corrected chi connectivity index (χ1v) is 16.0. The molecule has 0 aromatic heterocycles. The Morgan fingerprint density at radius 3 is 2.57 bits per heavy atom. The largest absolute Gasteiger partial charge is 0.462 e. The Labute approximate surface area is 229 Å². The molecule has 3 aliphatic carbocycles. The molecule has 3 fully saturated rings. The monoisotopic (exact) mass is 510 g/mol. The van der Waals surface area contributed by atoms with Gasteiger partial charge in [0.05, 0.1) is 0 Å². The van der Waals surface area contributed by atoms with Crippen molar-refractivity contribution in [3.63, 3.8) is 0 Å². The molecule has 0 aromatic rings. The summed E-state index contributed by atoms with van der Waals surface area (Å²) in [5, 5.41) is 0. The number of carbonyl (C=O) groups excluding carboxylic acids is 1. The van der Waals surface area contributed by atoms with Crippen LogP contribution in [0.25, 0.3) is 0 Å². The zero-order chi connectivity index (χ0) is 26.8. The first kappa shape index (κ1) is 30.2. The smallest absolute Gasteiger partial charge is 0.306 e. The lowest BCUT2D eigenvalue weighted by Gasteiger charge is -2.44. The summed E-state index contributed by atoms with van der Waals surface area (Å²) in [5.74, 6) is 3.27. The van der Waals surface area contributed by atoms with Crippen LogP contribution in [0.3, 0.4) is 0 Å². The molecule has 5 atom stereocenters. The normalized spacial score (nSPS) is 31.2. The van der Waals surface area contributed by atoms with Crippen molar-refractivity contribution in [3.8, 4) is 0 Å². The highest BCUT2D eigenvalue weighted by atomic mass is 16.5. The van der Waals surface area contributed by atoms with Crippen LogP contribution in [0.4, 0.5) is 0 Å². The van der Waals surface area contributed by atoms with Crippen molar-refractivity contribution in [1.29, 1.82) is 0 Å². The summed E-state index contributed by atoms with van der Waals surface area (Å²) in [6.45, 7) is 16.5. The number of allylic oxidation sites excluding steroid dienone is 4. The predicted octanol–water partition coefficient (Wildman–Crippen LogP) is 10.5. The minimum absolute atomic E-state index is 0.00530. The van der Waals surface area contributed by atoms with Crippen molar-refractivity contribution in [2.75, 3.05) is 0 Å². The van der Waals surface area contributed by atoms with Crippen LogP contribution in [0.15, 0.2) is 35.5 Å². The number of rotatable bonds is 13. The molecule has 3 aliphatic rings. The summed E-state index contributed by atoms with van der Waals surface area (Å²) in [7, 11) is 0. The van der Waals surface area contributed by atoms with Gasteiger partial charge in [-0.25, -0.2) is 0 Å². The average Bonchev–Trinajstić information content (AvgIpc) is 3.21. The van der Waals surface area contributed by atoms with E-state index in [1.807, 2.05) is 0 Å². The molecule has 210 valence electrons. The number of carbonyl (C=O) groups is 1. The number of hydrogen-bond donors (Lipinski definition) is 0. The van der Waals surface area contributed by atoms with Crippen molar-refractivity contribution in [2.45, 2.75) is 150 Å². The zero-order valence-electron chi connectivity index (χ0n) is 25.1. The predicted molar refractivity (Wildman–Crippen MR) is 158 cm³/mol. The second-order valence-corrected chi connectivity index (χ2v) is 13.5. The summed E-state index contributed by atoms with van der Waals surface area (Å²) >= 11 is 0. The van der Waals surface area contributed by atoms with Crippen LogP contribution in [0.5, 0.6) is 0 Å². The topological polar surface area (TPSA) is 26.3 Å². The summed E-state index contributed by atoms with van der Waals surface area (Å²) in [6, 6.07) is 0. The minimum Gasteiger partial charge on any atom is -0.462 e. The van der Waals surface area contributed by atoms with Crippen molar-refractivity contribution in [3.05, 3.63) is 35.5 Å². The molecular weight excluding hydrogens is 452 g/mol. The van der Waals surface area contributed by atoms with Gasteiger partial charge in [-0.05, 0) is 86.0 Å². The summed E-state index contributed by atoms with van der Waals surface area (Å²) in [5.41, 5.74) is 4.70. The van der Waals surface area contributed by atoms with E-state index in [0.717, 1.165) is 55.8 Å². The second kappa shape index (κ2) is 14.7. The lowest BCUT2D eigenvalue weighted by molar-refractivity contribution is -0.149. The fourth-order valence-electron chi connectivity index (χ4n) is 7.86. The van der Waals surface area contributed by atoms with E-state index in [1.54, 1.807) is 5.57 Å². The van der Waals surface area contributed by atoms with Crippen LogP contribution >= 0.6 is 0 Å². The molecule has 3 rings (SSSR count). The van der Waals surface area contributed by atoms with E-state index < -0.39 is 0 Å². The molecule has 0 radical (unpaired) electrons. The average molecular weight is 511 g/mol. The van der Waals surface area contributed by atoms with Gasteiger partial charge in [0.15, 0.2) is 0 Å². The fraction of sp³-hybridized carbons (Fsp3) is 0.800. The van der Waals surface area contributed by atoms with Gasteiger partial charge in [0, 0.05) is 12.8 Å². The molecule has 0 bridgehead atoms. The van der Waals surface area contributed by atoms with Gasteiger partial charge in [-0.1, -0.05) is 109 Å². The Morgan fingerprint density at radius 2 is 1.81 bits per heavy atom. The highest BCUT2D eigenvalue weighted by Crippen LogP contribution is 2.60. The molecule has 0 spiro atoms. The maximum Gasteiger partial charge on any atom is 0.306 e. The number of ether oxygens (including phenoxy) is 1. The molecule has 0 saturated heterocycles. The third kappa shape index (κ3) is 8.59. The van der Waals surface area contributed by atoms with Crippen LogP contribution in [0.2, 0.25) is 0 Å². The highest BCUT2D eigenvalue weighted by Gasteiger charge is 2.50. The van der Waals surface area contributed by atoms with Crippen molar-refractivity contribution < 1.29 is 9.53 Å². The van der Waals surface area contributed by atoms with Crippen molar-refractivity contribution in [2.24, 2.45) is 29.1 Å². The van der Waals surface area contributed by atoms with Gasteiger partial charge < -0.3 is 4.74 Å². The Morgan fingerprint density at radius 1 is 1.03 bits per heavy atom. The van der Waals surface area contributed by atoms with Gasteiger partial charge in [0.2, 0.25) is 0 Å². The maximum absolute atomic E-state index is 12.4. The number of hydrogen-bond acceptors (Lipinski definition) is 2. The highest BCUT2D eigenvalue weighted by molar-refractivity contribution is 5.69. The van der Waals surface area contributed by atoms with Crippen LogP contribution < -0.4 is 0 Å². The van der Waals surface area contributed by atoms with E-state index in [2.05, 4.69) is 53.3 Å². The van der Waals surface area contributed by atoms with Gasteiger partial charge in [-0.15, -0.1) is 0 Å². The number of unbranched alkanes of at least 4 members (excludes halogenated alkanes) is 4. The first-order valence-electron chi connectivity index (χ1n) is 16.0. The van der Waals surface area contributed by atoms with Gasteiger partial charge in [0.25, 0.3) is 0 Å². The Balaban J connectivity index is 1.57. The third-order valence-electron chi connectivity index (χ3n) is 10.1. The van der Waals surface area contributed by atoms with E-state index in [9.17, 15) is 4.79 Å². The van der Waals surface area contributed by atoms with E-state index in [4.69, 9.17) is 4.74 Å². The molecule has 0 unspecified atom stereocenters. The molecule has 0 N–H and O–H groups in total. The third-order valence-corrected chi connectivity index (χ3v) is 10.1. The van der Waals surface area contributed by atoms with Crippen molar-refractivity contribution in [1.82, 2.24) is 0 Å². The lowest BCUT2D eigenvalue weighted by atomic mass is 9.60. The van der Waals surface area contributed by atoms with E-state index in [-0.39, 0.29) is 12.1 Å². The van der Waals surface area contributed by atoms with Crippen LogP contribution in [0, 0.1) is 29.1 Å². The molecule has 3 saturated carbocycles. The number of esters is 1. The molecule has 0 aromatic carbocycles. The van der Waals surface area contributed by atoms with E-state index >= 15 is 0 Å². The molecule has 0 amide bonds. The van der Waals surface area contributed by atoms with Gasteiger partial charge in [-0.2, -0.15) is 0 Å². The minimum atomic E-state index is -0.00530. The lowest BCUT2D eigenvalue weighted by Crippen LogP contribution is -2.36. The summed E-state index contributed by atoms with van der Waals surface area (Å²) < 4.78 is 5.90. The SMILES string of the molecule is C=C1CC[C@H](OC(=O)CCCCCCC)CC1=CC=C1CCC[C@]2(C)[C@@H]([C@H](C)CCCC(C)C)CC[C@@H]12. The Bertz CT molecular complexity index is 802. The molecular formula is C35H58O2. The number of fused-ring (bicyclic) bond motifs is 1. The van der Waals surface area contributed by atoms with E-state index in [0.29, 0.717) is 11.8 Å². The molecule has 2 nitrogen and oxygen atoms in total.